The number of hydrogen-bond donors (Lipinski definition) is 1. The Morgan fingerprint density at radius 3 is 2.65 bits per heavy atom. The Kier molecular flexibility index (Phi) is 2.44. The van der Waals surface area contributed by atoms with Crippen LogP contribution >= 0.6 is 0 Å². The summed E-state index contributed by atoms with van der Waals surface area (Å²) < 4.78 is 5.71. The van der Waals surface area contributed by atoms with Gasteiger partial charge in [-0.05, 0) is 50.2 Å². The minimum atomic E-state index is 0.197. The minimum Gasteiger partial charge on any atom is -0.496 e. The van der Waals surface area contributed by atoms with Crippen LogP contribution in [0, 0.1) is 0 Å². The zero-order chi connectivity index (χ0) is 12.0. The van der Waals surface area contributed by atoms with Gasteiger partial charge in [0.05, 0.1) is 7.11 Å². The molecule has 0 aliphatic heterocycles. The number of nitrogens with two attached hydrogens (primary N) is 1. The molecular formula is C15H21NO. The van der Waals surface area contributed by atoms with E-state index in [1.807, 2.05) is 0 Å². The van der Waals surface area contributed by atoms with Crippen molar-refractivity contribution in [3.05, 3.63) is 28.8 Å². The number of fused-ring (bicyclic) bond motifs is 1. The average molecular weight is 231 g/mol. The summed E-state index contributed by atoms with van der Waals surface area (Å²) in [6.45, 7) is 2.12. The van der Waals surface area contributed by atoms with Crippen molar-refractivity contribution in [1.82, 2.24) is 0 Å². The zero-order valence-corrected chi connectivity index (χ0v) is 10.8. The highest BCUT2D eigenvalue weighted by Crippen LogP contribution is 2.54. The first-order chi connectivity index (χ1) is 8.19. The molecule has 1 unspecified atom stereocenters. The molecule has 0 spiro atoms. The van der Waals surface area contributed by atoms with Gasteiger partial charge in [0.1, 0.15) is 5.75 Å². The molecule has 1 aromatic rings. The van der Waals surface area contributed by atoms with Crippen LogP contribution in [-0.4, -0.2) is 13.2 Å². The summed E-state index contributed by atoms with van der Waals surface area (Å²) in [6, 6.07) is 4.78. The molecule has 0 radical (unpaired) electrons. The lowest BCUT2D eigenvalue weighted by Gasteiger charge is -2.24. The molecule has 0 bridgehead atoms. The fourth-order valence-corrected chi connectivity index (χ4v) is 3.36. The van der Waals surface area contributed by atoms with Crippen molar-refractivity contribution < 1.29 is 4.74 Å². The number of rotatable bonds is 3. The topological polar surface area (TPSA) is 35.2 Å². The third kappa shape index (κ3) is 1.50. The van der Waals surface area contributed by atoms with Gasteiger partial charge >= 0.3 is 0 Å². The maximum Gasteiger partial charge on any atom is 0.126 e. The van der Waals surface area contributed by atoms with Crippen LogP contribution in [0.2, 0.25) is 0 Å². The van der Waals surface area contributed by atoms with Gasteiger partial charge in [-0.15, -0.1) is 0 Å². The standard InChI is InChI=1S/C15H21NO/c1-10(16)15(8-9-15)13-7-6-11-4-3-5-12(11)14(13)17-2/h6-7,10H,3-5,8-9,16H2,1-2H3. The summed E-state index contributed by atoms with van der Waals surface area (Å²) in [5.41, 5.74) is 10.7. The SMILES string of the molecule is COc1c(C2(C(C)N)CC2)ccc2c1CCC2. The predicted octanol–water partition coefficient (Wildman–Crippen LogP) is 2.56. The van der Waals surface area contributed by atoms with E-state index in [1.54, 1.807) is 7.11 Å². The third-order valence-corrected chi connectivity index (χ3v) is 4.63. The number of methoxy groups -OCH3 is 1. The summed E-state index contributed by atoms with van der Waals surface area (Å²) in [5, 5.41) is 0. The van der Waals surface area contributed by atoms with Gasteiger partial charge in [-0.25, -0.2) is 0 Å². The zero-order valence-electron chi connectivity index (χ0n) is 10.8. The lowest BCUT2D eigenvalue weighted by Crippen LogP contribution is -2.32. The first-order valence-corrected chi connectivity index (χ1v) is 6.64. The van der Waals surface area contributed by atoms with Gasteiger partial charge in [-0.2, -0.15) is 0 Å². The van der Waals surface area contributed by atoms with Gasteiger partial charge in [-0.3, -0.25) is 0 Å². The van der Waals surface area contributed by atoms with Crippen molar-refractivity contribution >= 4 is 0 Å². The Morgan fingerprint density at radius 1 is 1.29 bits per heavy atom. The Balaban J connectivity index is 2.12. The third-order valence-electron chi connectivity index (χ3n) is 4.63. The van der Waals surface area contributed by atoms with Crippen LogP contribution < -0.4 is 10.5 Å². The van der Waals surface area contributed by atoms with E-state index >= 15 is 0 Å². The van der Waals surface area contributed by atoms with Gasteiger partial charge < -0.3 is 10.5 Å². The molecule has 1 fully saturated rings. The van der Waals surface area contributed by atoms with Crippen molar-refractivity contribution in [3.8, 4) is 5.75 Å². The Labute approximate surface area is 103 Å². The summed E-state index contributed by atoms with van der Waals surface area (Å²) in [6.07, 6.45) is 6.05. The fraction of sp³-hybridized carbons (Fsp3) is 0.600. The molecule has 1 aromatic carbocycles. The molecule has 2 aliphatic carbocycles. The van der Waals surface area contributed by atoms with E-state index in [2.05, 4.69) is 19.1 Å². The highest BCUT2D eigenvalue weighted by atomic mass is 16.5. The smallest absolute Gasteiger partial charge is 0.126 e. The van der Waals surface area contributed by atoms with Gasteiger partial charge in [0.25, 0.3) is 0 Å². The molecule has 0 saturated heterocycles. The molecule has 2 nitrogen and oxygen atoms in total. The predicted molar refractivity (Wildman–Crippen MR) is 69.6 cm³/mol. The van der Waals surface area contributed by atoms with Gasteiger partial charge in [0, 0.05) is 17.0 Å². The molecule has 2 N–H and O–H groups in total. The first-order valence-electron chi connectivity index (χ1n) is 6.64. The Bertz CT molecular complexity index is 446. The highest BCUT2D eigenvalue weighted by molar-refractivity contribution is 5.54. The number of aryl methyl sites for hydroxylation is 1. The fourth-order valence-electron chi connectivity index (χ4n) is 3.36. The monoisotopic (exact) mass is 231 g/mol. The van der Waals surface area contributed by atoms with E-state index < -0.39 is 0 Å². The highest BCUT2D eigenvalue weighted by Gasteiger charge is 2.49. The summed E-state index contributed by atoms with van der Waals surface area (Å²) in [4.78, 5) is 0. The second-order valence-corrected chi connectivity index (χ2v) is 5.58. The van der Waals surface area contributed by atoms with Crippen molar-refractivity contribution in [1.29, 1.82) is 0 Å². The molecule has 3 rings (SSSR count). The lowest BCUT2D eigenvalue weighted by atomic mass is 9.86. The maximum absolute atomic E-state index is 6.18. The van der Waals surface area contributed by atoms with E-state index in [1.165, 1.54) is 48.8 Å². The molecule has 17 heavy (non-hydrogen) atoms. The number of ether oxygens (including phenoxy) is 1. The van der Waals surface area contributed by atoms with Gasteiger partial charge in [0.15, 0.2) is 0 Å². The lowest BCUT2D eigenvalue weighted by molar-refractivity contribution is 0.394. The molecule has 0 aromatic heterocycles. The number of benzene rings is 1. The van der Waals surface area contributed by atoms with Crippen LogP contribution in [0.25, 0.3) is 0 Å². The van der Waals surface area contributed by atoms with E-state index in [0.29, 0.717) is 0 Å². The largest absolute Gasteiger partial charge is 0.496 e. The average Bonchev–Trinajstić information content (AvgIpc) is 3.00. The molecule has 2 heteroatoms. The van der Waals surface area contributed by atoms with Crippen LogP contribution in [-0.2, 0) is 18.3 Å². The van der Waals surface area contributed by atoms with Gasteiger partial charge in [-0.1, -0.05) is 12.1 Å². The summed E-state index contributed by atoms with van der Waals surface area (Å²) in [5.74, 6) is 1.13. The van der Waals surface area contributed by atoms with Crippen LogP contribution in [0.1, 0.15) is 42.9 Å². The van der Waals surface area contributed by atoms with Crippen molar-refractivity contribution in [2.45, 2.75) is 50.5 Å². The summed E-state index contributed by atoms with van der Waals surface area (Å²) in [7, 11) is 1.80. The number of hydrogen-bond acceptors (Lipinski definition) is 2. The van der Waals surface area contributed by atoms with Crippen LogP contribution in [0.15, 0.2) is 12.1 Å². The molecule has 0 heterocycles. The Morgan fingerprint density at radius 2 is 2.06 bits per heavy atom. The molecule has 1 atom stereocenters. The molecule has 0 amide bonds. The van der Waals surface area contributed by atoms with E-state index in [4.69, 9.17) is 10.5 Å². The van der Waals surface area contributed by atoms with E-state index in [0.717, 1.165) is 5.75 Å². The molecule has 2 aliphatic rings. The first kappa shape index (κ1) is 11.1. The maximum atomic E-state index is 6.18. The van der Waals surface area contributed by atoms with E-state index in [9.17, 15) is 0 Å². The quantitative estimate of drug-likeness (QED) is 0.867. The summed E-state index contributed by atoms with van der Waals surface area (Å²) >= 11 is 0. The molecular weight excluding hydrogens is 210 g/mol. The van der Waals surface area contributed by atoms with E-state index in [-0.39, 0.29) is 11.5 Å². The van der Waals surface area contributed by atoms with Crippen molar-refractivity contribution in [3.63, 3.8) is 0 Å². The van der Waals surface area contributed by atoms with Gasteiger partial charge in [0.2, 0.25) is 0 Å². The minimum absolute atomic E-state index is 0.197. The second kappa shape index (κ2) is 3.74. The van der Waals surface area contributed by atoms with Crippen molar-refractivity contribution in [2.75, 3.05) is 7.11 Å². The molecule has 92 valence electrons. The normalized spacial score (nSPS) is 22.1. The van der Waals surface area contributed by atoms with Crippen LogP contribution in [0.3, 0.4) is 0 Å². The van der Waals surface area contributed by atoms with Crippen LogP contribution in [0.4, 0.5) is 0 Å². The second-order valence-electron chi connectivity index (χ2n) is 5.58. The molecule has 1 saturated carbocycles. The Hall–Kier alpha value is -1.02. The van der Waals surface area contributed by atoms with Crippen molar-refractivity contribution in [2.24, 2.45) is 5.73 Å². The van der Waals surface area contributed by atoms with Crippen LogP contribution in [0.5, 0.6) is 5.75 Å².